The molecule has 3 aromatic carbocycles. The number of guanidine groups is 2. The zero-order chi connectivity index (χ0) is 47.1. The van der Waals surface area contributed by atoms with Crippen molar-refractivity contribution in [2.45, 2.75) is 62.7 Å². The van der Waals surface area contributed by atoms with Crippen LogP contribution in [0.2, 0.25) is 0 Å². The van der Waals surface area contributed by atoms with E-state index < -0.39 is 58.2 Å². The lowest BCUT2D eigenvalue weighted by Gasteiger charge is -2.20. The van der Waals surface area contributed by atoms with Gasteiger partial charge < -0.3 is 59.4 Å². The molecule has 63 heavy (non-hydrogen) atoms. The van der Waals surface area contributed by atoms with E-state index in [9.17, 15) is 45.5 Å². The molecule has 0 heterocycles. The number of carbonyl (C=O) groups excluding carboxylic acids is 4. The molecule has 0 saturated carbocycles. The quantitative estimate of drug-likeness (QED) is 0.0214. The van der Waals surface area contributed by atoms with E-state index in [0.29, 0.717) is 49.9 Å². The maximum atomic E-state index is 14.3. The van der Waals surface area contributed by atoms with Gasteiger partial charge in [0.1, 0.15) is 11.5 Å². The van der Waals surface area contributed by atoms with Gasteiger partial charge in [0, 0.05) is 55.7 Å². The van der Waals surface area contributed by atoms with Crippen molar-refractivity contribution in [3.05, 3.63) is 64.2 Å². The third-order valence-corrected chi connectivity index (χ3v) is 9.95. The molecule has 0 aromatic heterocycles. The van der Waals surface area contributed by atoms with Gasteiger partial charge in [0.15, 0.2) is 11.9 Å². The van der Waals surface area contributed by atoms with Crippen LogP contribution in [0.1, 0.15) is 75.9 Å². The van der Waals surface area contributed by atoms with E-state index in [4.69, 9.17) is 38.1 Å². The molecule has 0 radical (unpaired) electrons. The molecule has 0 spiro atoms. The smallest absolute Gasteiger partial charge is 0.416 e. The second-order valence-electron chi connectivity index (χ2n) is 13.5. The molecule has 4 amide bonds. The van der Waals surface area contributed by atoms with Crippen LogP contribution in [0.25, 0.3) is 0 Å². The number of ether oxygens (including phenoxy) is 2. The largest absolute Gasteiger partial charge is 0.496 e. The minimum atomic E-state index is -4.95. The molecule has 0 atom stereocenters. The Kier molecular flexibility index (Phi) is 18.7. The Labute approximate surface area is 362 Å². The zero-order valence-electron chi connectivity index (χ0n) is 34.4. The van der Waals surface area contributed by atoms with E-state index >= 15 is 0 Å². The average molecular weight is 914 g/mol. The maximum absolute atomic E-state index is 14.3. The van der Waals surface area contributed by atoms with Crippen LogP contribution < -0.4 is 59.4 Å². The van der Waals surface area contributed by atoms with Crippen molar-refractivity contribution in [2.75, 3.05) is 60.9 Å². The minimum absolute atomic E-state index is 0.0231. The Hall–Kier alpha value is -6.43. The normalized spacial score (nSPS) is 11.3. The number of amides is 4. The van der Waals surface area contributed by atoms with Gasteiger partial charge in [-0.1, -0.05) is 0 Å². The fourth-order valence-corrected chi connectivity index (χ4v) is 6.55. The fraction of sp³-hybridized carbons (Fsp3) is 0.385. The van der Waals surface area contributed by atoms with Gasteiger partial charge in [-0.05, 0) is 68.5 Å². The number of hydrogen-bond acceptors (Lipinski definition) is 10. The number of nitrogens with two attached hydrogens (primary N) is 5. The van der Waals surface area contributed by atoms with Crippen LogP contribution in [0.15, 0.2) is 51.3 Å². The number of nitrogens with zero attached hydrogens (tertiary/aromatic N) is 2. The number of halogens is 6. The molecule has 0 aliphatic carbocycles. The maximum Gasteiger partial charge on any atom is 0.416 e. The SMILES string of the molecule is COc1cc(OC)c(C(=O)Nc2cc(C(F)(F)F)cc(NC(=O)CCCCN=C(N)N)c2SCCN)cc1C(=O)Nc1cc(C(F)(F)F)cc(NC(=O)CCCCN=C(N)N)c1C. The van der Waals surface area contributed by atoms with Gasteiger partial charge in [-0.25, -0.2) is 0 Å². The van der Waals surface area contributed by atoms with Crippen LogP contribution >= 0.6 is 11.8 Å². The third kappa shape index (κ3) is 15.5. The molecule has 0 fully saturated rings. The van der Waals surface area contributed by atoms with E-state index in [-0.39, 0.29) is 94.9 Å². The molecule has 3 aromatic rings. The van der Waals surface area contributed by atoms with E-state index in [1.807, 2.05) is 0 Å². The highest BCUT2D eigenvalue weighted by atomic mass is 32.2. The molecule has 17 nitrogen and oxygen atoms in total. The van der Waals surface area contributed by atoms with Gasteiger partial charge in [-0.2, -0.15) is 26.3 Å². The van der Waals surface area contributed by atoms with Crippen LogP contribution in [0.5, 0.6) is 11.5 Å². The Morgan fingerprint density at radius 1 is 0.619 bits per heavy atom. The minimum Gasteiger partial charge on any atom is -0.496 e. The Morgan fingerprint density at radius 3 is 1.43 bits per heavy atom. The highest BCUT2D eigenvalue weighted by Crippen LogP contribution is 2.42. The second-order valence-corrected chi connectivity index (χ2v) is 14.6. The van der Waals surface area contributed by atoms with E-state index in [1.165, 1.54) is 6.92 Å². The average Bonchev–Trinajstić information content (AvgIpc) is 3.19. The number of nitrogens with one attached hydrogen (secondary N) is 4. The first-order valence-electron chi connectivity index (χ1n) is 19.0. The van der Waals surface area contributed by atoms with Gasteiger partial charge in [0.05, 0.1) is 52.7 Å². The second kappa shape index (κ2) is 23.1. The summed E-state index contributed by atoms with van der Waals surface area (Å²) < 4.78 is 95.7. The van der Waals surface area contributed by atoms with Crippen molar-refractivity contribution in [1.82, 2.24) is 0 Å². The Balaban J connectivity index is 2.03. The summed E-state index contributed by atoms with van der Waals surface area (Å²) in [5.74, 6) is -3.98. The number of methoxy groups -OCH3 is 2. The summed E-state index contributed by atoms with van der Waals surface area (Å²) in [7, 11) is 2.32. The highest BCUT2D eigenvalue weighted by Gasteiger charge is 2.34. The standard InChI is InChI=1S/C39H49F6N11O6S/c1-20-25(53-31(57)8-4-6-11-51-36(47)48)14-21(38(40,41)42)15-26(20)55-34(59)23-18-24(30(62-3)19-29(23)61-2)35(60)56-28-17-22(39(43,44)45)16-27(33(28)63-13-10-46)54-32(58)9-5-7-12-52-37(49)50/h14-19H,4-13,46H2,1-3H3,(H,53,57)(H,54,58)(H,55,59)(H,56,60)(H4,47,48,51)(H4,49,50,52). The summed E-state index contributed by atoms with van der Waals surface area (Å²) >= 11 is 0.946. The summed E-state index contributed by atoms with van der Waals surface area (Å²) in [6.45, 7) is 1.87. The van der Waals surface area contributed by atoms with E-state index in [1.54, 1.807) is 0 Å². The first kappa shape index (κ1) is 50.9. The summed E-state index contributed by atoms with van der Waals surface area (Å²) in [6, 6.07) is 4.83. The number of unbranched alkanes of at least 4 members (excludes halogenated alkanes) is 2. The predicted octanol–water partition coefficient (Wildman–Crippen LogP) is 5.37. The monoisotopic (exact) mass is 913 g/mol. The van der Waals surface area contributed by atoms with Crippen LogP contribution in [0, 0.1) is 6.92 Å². The van der Waals surface area contributed by atoms with Crippen molar-refractivity contribution in [1.29, 1.82) is 0 Å². The number of benzene rings is 3. The number of hydrogen-bond donors (Lipinski definition) is 9. The lowest BCUT2D eigenvalue weighted by Crippen LogP contribution is -2.23. The number of thioether (sulfide) groups is 1. The summed E-state index contributed by atoms with van der Waals surface area (Å²) in [4.78, 5) is 61.2. The summed E-state index contributed by atoms with van der Waals surface area (Å²) in [6.07, 6.45) is -8.65. The van der Waals surface area contributed by atoms with Crippen molar-refractivity contribution in [2.24, 2.45) is 38.7 Å². The first-order valence-corrected chi connectivity index (χ1v) is 20.0. The lowest BCUT2D eigenvalue weighted by atomic mass is 10.0. The predicted molar refractivity (Wildman–Crippen MR) is 229 cm³/mol. The number of carbonyl (C=O) groups is 4. The van der Waals surface area contributed by atoms with Crippen LogP contribution in [0.3, 0.4) is 0 Å². The molecular formula is C39H49F6N11O6S. The van der Waals surface area contributed by atoms with Gasteiger partial charge in [0.2, 0.25) is 11.8 Å². The Morgan fingerprint density at radius 2 is 1.02 bits per heavy atom. The van der Waals surface area contributed by atoms with Crippen LogP contribution in [-0.4, -0.2) is 75.2 Å². The van der Waals surface area contributed by atoms with Gasteiger partial charge in [0.25, 0.3) is 11.8 Å². The number of alkyl halides is 6. The van der Waals surface area contributed by atoms with Crippen molar-refractivity contribution in [3.8, 4) is 11.5 Å². The van der Waals surface area contributed by atoms with Gasteiger partial charge in [-0.3, -0.25) is 29.2 Å². The molecule has 0 unspecified atom stereocenters. The van der Waals surface area contributed by atoms with E-state index in [2.05, 4.69) is 31.3 Å². The topological polar surface area (TPSA) is 290 Å². The molecule has 3 rings (SSSR count). The molecule has 0 saturated heterocycles. The van der Waals surface area contributed by atoms with Crippen molar-refractivity contribution < 1.29 is 55.0 Å². The molecule has 14 N–H and O–H groups in total. The molecule has 0 aliphatic heterocycles. The van der Waals surface area contributed by atoms with Gasteiger partial charge >= 0.3 is 12.4 Å². The molecule has 0 aliphatic rings. The summed E-state index contributed by atoms with van der Waals surface area (Å²) in [5.41, 5.74) is 22.4. The third-order valence-electron chi connectivity index (χ3n) is 8.78. The zero-order valence-corrected chi connectivity index (χ0v) is 35.3. The highest BCUT2D eigenvalue weighted by molar-refractivity contribution is 7.99. The van der Waals surface area contributed by atoms with Crippen molar-refractivity contribution >= 4 is 70.1 Å². The first-order chi connectivity index (χ1) is 29.6. The Bertz CT molecular complexity index is 2200. The number of anilines is 4. The van der Waals surface area contributed by atoms with Crippen LogP contribution in [-0.2, 0) is 21.9 Å². The lowest BCUT2D eigenvalue weighted by molar-refractivity contribution is -0.138. The van der Waals surface area contributed by atoms with Crippen LogP contribution in [0.4, 0.5) is 49.1 Å². The summed E-state index contributed by atoms with van der Waals surface area (Å²) in [5, 5.41) is 9.72. The van der Waals surface area contributed by atoms with Crippen molar-refractivity contribution in [3.63, 3.8) is 0 Å². The molecular weight excluding hydrogens is 865 g/mol. The van der Waals surface area contributed by atoms with E-state index in [0.717, 1.165) is 38.1 Å². The fourth-order valence-electron chi connectivity index (χ4n) is 5.70. The molecule has 0 bridgehead atoms. The molecule has 24 heteroatoms. The number of aliphatic imine (C=N–C) groups is 2. The van der Waals surface area contributed by atoms with Gasteiger partial charge in [-0.15, -0.1) is 11.8 Å². The molecule has 344 valence electrons. The number of rotatable bonds is 21.